The van der Waals surface area contributed by atoms with E-state index in [9.17, 15) is 9.90 Å². The average molecular weight is 298 g/mol. The number of aromatic nitrogens is 2. The summed E-state index contributed by atoms with van der Waals surface area (Å²) < 4.78 is 0. The minimum absolute atomic E-state index is 0.166. The minimum Gasteiger partial charge on any atom is -0.508 e. The van der Waals surface area contributed by atoms with Gasteiger partial charge in [0.05, 0.1) is 5.71 Å². The molecule has 1 aromatic heterocycles. The van der Waals surface area contributed by atoms with Crippen LogP contribution >= 0.6 is 0 Å². The van der Waals surface area contributed by atoms with Crippen molar-refractivity contribution in [2.45, 2.75) is 32.6 Å². The van der Waals surface area contributed by atoms with Crippen LogP contribution < -0.4 is 5.43 Å². The third kappa shape index (κ3) is 2.86. The molecule has 0 aliphatic heterocycles. The fraction of sp³-hybridized carbons (Fsp3) is 0.312. The Morgan fingerprint density at radius 3 is 3.00 bits per heavy atom. The second-order valence-corrected chi connectivity index (χ2v) is 5.42. The van der Waals surface area contributed by atoms with Crippen LogP contribution in [-0.4, -0.2) is 26.9 Å². The van der Waals surface area contributed by atoms with Crippen LogP contribution in [0.1, 0.15) is 47.1 Å². The van der Waals surface area contributed by atoms with E-state index in [1.807, 2.05) is 6.07 Å². The number of nitrogens with zero attached hydrogens (tertiary/aromatic N) is 2. The summed E-state index contributed by atoms with van der Waals surface area (Å²) in [6, 6.07) is 6.74. The lowest BCUT2D eigenvalue weighted by atomic mass is 9.96. The minimum atomic E-state index is -0.307. The number of hydrogen-bond donors (Lipinski definition) is 3. The Kier molecular flexibility index (Phi) is 3.91. The van der Waals surface area contributed by atoms with E-state index >= 15 is 0 Å². The summed E-state index contributed by atoms with van der Waals surface area (Å²) in [5.41, 5.74) is 6.41. The number of aromatic hydroxyl groups is 1. The Morgan fingerprint density at radius 1 is 1.36 bits per heavy atom. The zero-order valence-corrected chi connectivity index (χ0v) is 12.4. The molecule has 6 heteroatoms. The van der Waals surface area contributed by atoms with Crippen LogP contribution in [0.5, 0.6) is 5.75 Å². The molecule has 1 heterocycles. The molecule has 3 N–H and O–H groups in total. The molecule has 0 fully saturated rings. The summed E-state index contributed by atoms with van der Waals surface area (Å²) in [6.07, 6.45) is 4.04. The van der Waals surface area contributed by atoms with Gasteiger partial charge >= 0.3 is 0 Å². The molecule has 1 aromatic carbocycles. The lowest BCUT2D eigenvalue weighted by Crippen LogP contribution is -2.21. The molecule has 0 spiro atoms. The molecule has 0 radical (unpaired) electrons. The maximum atomic E-state index is 12.2. The number of phenols is 1. The van der Waals surface area contributed by atoms with Gasteiger partial charge in [0.25, 0.3) is 5.91 Å². The summed E-state index contributed by atoms with van der Waals surface area (Å²) >= 11 is 0. The molecule has 1 aliphatic carbocycles. The Balaban J connectivity index is 1.74. The van der Waals surface area contributed by atoms with Crippen molar-refractivity contribution in [1.82, 2.24) is 15.6 Å². The highest BCUT2D eigenvalue weighted by Crippen LogP contribution is 2.22. The number of hydrogen-bond acceptors (Lipinski definition) is 4. The van der Waals surface area contributed by atoms with Crippen LogP contribution in [0, 0.1) is 0 Å². The Hall–Kier alpha value is -2.63. The number of benzene rings is 1. The van der Waals surface area contributed by atoms with Crippen molar-refractivity contribution in [3.05, 3.63) is 46.8 Å². The van der Waals surface area contributed by atoms with Gasteiger partial charge in [-0.25, -0.2) is 5.43 Å². The molecule has 0 bridgehead atoms. The largest absolute Gasteiger partial charge is 0.508 e. The highest BCUT2D eigenvalue weighted by Gasteiger charge is 2.21. The van der Waals surface area contributed by atoms with Gasteiger partial charge in [-0.1, -0.05) is 12.1 Å². The fourth-order valence-electron chi connectivity index (χ4n) is 2.65. The molecule has 114 valence electrons. The Labute approximate surface area is 128 Å². The standard InChI is InChI=1S/C16H18N4O2/c1-10(11-5-4-6-12(21)9-11)17-20-16(22)15-13-7-2-3-8-14(13)18-19-15/h4-6,9,21H,2-3,7-8H2,1H3,(H,18,19)(H,20,22)/b17-10-. The normalized spacial score (nSPS) is 14.5. The molecule has 6 nitrogen and oxygen atoms in total. The van der Waals surface area contributed by atoms with E-state index in [1.54, 1.807) is 25.1 Å². The van der Waals surface area contributed by atoms with Crippen molar-refractivity contribution < 1.29 is 9.90 Å². The number of nitrogens with one attached hydrogen (secondary N) is 2. The number of H-pyrrole nitrogens is 1. The Bertz CT molecular complexity index is 733. The van der Waals surface area contributed by atoms with Gasteiger partial charge in [-0.2, -0.15) is 10.2 Å². The second-order valence-electron chi connectivity index (χ2n) is 5.42. The van der Waals surface area contributed by atoms with Gasteiger partial charge in [-0.05, 0) is 44.7 Å². The number of phenolic OH excluding ortho intramolecular Hbond substituents is 1. The molecule has 0 unspecified atom stereocenters. The molecular weight excluding hydrogens is 280 g/mol. The zero-order chi connectivity index (χ0) is 15.5. The summed E-state index contributed by atoms with van der Waals surface area (Å²) in [6.45, 7) is 1.77. The number of rotatable bonds is 3. The van der Waals surface area contributed by atoms with Crippen LogP contribution in [0.15, 0.2) is 29.4 Å². The summed E-state index contributed by atoms with van der Waals surface area (Å²) in [7, 11) is 0. The number of aryl methyl sites for hydroxylation is 1. The highest BCUT2D eigenvalue weighted by molar-refractivity contribution is 6.01. The third-order valence-electron chi connectivity index (χ3n) is 3.86. The van der Waals surface area contributed by atoms with Crippen molar-refractivity contribution >= 4 is 11.6 Å². The highest BCUT2D eigenvalue weighted by atomic mass is 16.3. The van der Waals surface area contributed by atoms with E-state index in [-0.39, 0.29) is 11.7 Å². The van der Waals surface area contributed by atoms with Crippen LogP contribution in [0.3, 0.4) is 0 Å². The molecule has 0 saturated heterocycles. The first-order valence-electron chi connectivity index (χ1n) is 7.35. The zero-order valence-electron chi connectivity index (χ0n) is 12.4. The lowest BCUT2D eigenvalue weighted by Gasteiger charge is -2.10. The maximum absolute atomic E-state index is 12.2. The number of fused-ring (bicyclic) bond motifs is 1. The molecule has 0 atom stereocenters. The predicted octanol–water partition coefficient (Wildman–Crippen LogP) is 2.15. The molecular formula is C16H18N4O2. The Morgan fingerprint density at radius 2 is 2.18 bits per heavy atom. The van der Waals surface area contributed by atoms with Crippen molar-refractivity contribution in [2.24, 2.45) is 5.10 Å². The fourth-order valence-corrected chi connectivity index (χ4v) is 2.65. The quantitative estimate of drug-likeness (QED) is 0.599. The number of amides is 1. The summed E-state index contributed by atoms with van der Waals surface area (Å²) in [5.74, 6) is -0.140. The molecule has 3 rings (SSSR count). The predicted molar refractivity (Wildman–Crippen MR) is 83.0 cm³/mol. The summed E-state index contributed by atoms with van der Waals surface area (Å²) in [4.78, 5) is 12.2. The molecule has 1 amide bonds. The van der Waals surface area contributed by atoms with Crippen molar-refractivity contribution in [1.29, 1.82) is 0 Å². The number of carbonyl (C=O) groups excluding carboxylic acids is 1. The molecule has 2 aromatic rings. The number of aromatic amines is 1. The molecule has 1 aliphatic rings. The van der Waals surface area contributed by atoms with Crippen LogP contribution in [-0.2, 0) is 12.8 Å². The first-order chi connectivity index (χ1) is 10.6. The van der Waals surface area contributed by atoms with Crippen LogP contribution in [0.25, 0.3) is 0 Å². The van der Waals surface area contributed by atoms with Crippen LogP contribution in [0.2, 0.25) is 0 Å². The van der Waals surface area contributed by atoms with E-state index in [0.29, 0.717) is 11.4 Å². The molecule has 22 heavy (non-hydrogen) atoms. The topological polar surface area (TPSA) is 90.4 Å². The van der Waals surface area contributed by atoms with E-state index < -0.39 is 0 Å². The van der Waals surface area contributed by atoms with E-state index in [1.165, 1.54) is 0 Å². The van der Waals surface area contributed by atoms with Crippen LogP contribution in [0.4, 0.5) is 0 Å². The van der Waals surface area contributed by atoms with Gasteiger partial charge in [-0.3, -0.25) is 9.89 Å². The summed E-state index contributed by atoms with van der Waals surface area (Å²) in [5, 5.41) is 20.6. The smallest absolute Gasteiger partial charge is 0.292 e. The van der Waals surface area contributed by atoms with E-state index in [2.05, 4.69) is 20.7 Å². The van der Waals surface area contributed by atoms with Gasteiger partial charge in [-0.15, -0.1) is 0 Å². The second kappa shape index (κ2) is 6.01. The SMILES string of the molecule is C/C(=N/NC(=O)c1n[nH]c2c1CCCC2)c1cccc(O)c1. The van der Waals surface area contributed by atoms with Crippen molar-refractivity contribution in [3.63, 3.8) is 0 Å². The van der Waals surface area contributed by atoms with Gasteiger partial charge in [0, 0.05) is 16.8 Å². The average Bonchev–Trinajstić information content (AvgIpc) is 2.96. The first kappa shape index (κ1) is 14.3. The lowest BCUT2D eigenvalue weighted by molar-refractivity contribution is 0.0949. The van der Waals surface area contributed by atoms with Gasteiger partial charge in [0.15, 0.2) is 5.69 Å². The molecule has 0 saturated carbocycles. The maximum Gasteiger partial charge on any atom is 0.292 e. The van der Waals surface area contributed by atoms with Crippen molar-refractivity contribution in [3.8, 4) is 5.75 Å². The van der Waals surface area contributed by atoms with E-state index in [0.717, 1.165) is 42.5 Å². The number of hydrazone groups is 1. The van der Waals surface area contributed by atoms with Gasteiger partial charge in [0.2, 0.25) is 0 Å². The van der Waals surface area contributed by atoms with E-state index in [4.69, 9.17) is 0 Å². The third-order valence-corrected chi connectivity index (χ3v) is 3.86. The first-order valence-corrected chi connectivity index (χ1v) is 7.35. The van der Waals surface area contributed by atoms with Gasteiger partial charge in [0.1, 0.15) is 5.75 Å². The monoisotopic (exact) mass is 298 g/mol. The number of carbonyl (C=O) groups is 1. The van der Waals surface area contributed by atoms with Crippen molar-refractivity contribution in [2.75, 3.05) is 0 Å². The van der Waals surface area contributed by atoms with Gasteiger partial charge < -0.3 is 5.11 Å².